The van der Waals surface area contributed by atoms with Gasteiger partial charge in [0.15, 0.2) is 5.60 Å². The SMILES string of the molecule is CC(C)(Oc1ccc(Cl)cc1)C(=O)NCC(=O)NCc1ccco1. The zero-order valence-corrected chi connectivity index (χ0v) is 14.2. The Morgan fingerprint density at radius 3 is 2.50 bits per heavy atom. The molecular formula is C17H19ClN2O4. The summed E-state index contributed by atoms with van der Waals surface area (Å²) in [4.78, 5) is 24.0. The Morgan fingerprint density at radius 1 is 1.17 bits per heavy atom. The van der Waals surface area contributed by atoms with Gasteiger partial charge in [0, 0.05) is 5.02 Å². The highest BCUT2D eigenvalue weighted by atomic mass is 35.5. The summed E-state index contributed by atoms with van der Waals surface area (Å²) in [5.74, 6) is 0.440. The van der Waals surface area contributed by atoms with Gasteiger partial charge in [0.05, 0.1) is 19.4 Å². The highest BCUT2D eigenvalue weighted by Crippen LogP contribution is 2.20. The molecule has 0 spiro atoms. The van der Waals surface area contributed by atoms with Gasteiger partial charge < -0.3 is 19.8 Å². The molecule has 0 atom stereocenters. The molecule has 0 bridgehead atoms. The van der Waals surface area contributed by atoms with Crippen molar-refractivity contribution in [1.29, 1.82) is 0 Å². The van der Waals surface area contributed by atoms with E-state index >= 15 is 0 Å². The first-order chi connectivity index (χ1) is 11.4. The summed E-state index contributed by atoms with van der Waals surface area (Å²) in [6.07, 6.45) is 1.53. The van der Waals surface area contributed by atoms with Crippen molar-refractivity contribution in [3.63, 3.8) is 0 Å². The Kier molecular flexibility index (Phi) is 5.87. The average Bonchev–Trinajstić information content (AvgIpc) is 3.06. The monoisotopic (exact) mass is 350 g/mol. The molecule has 2 rings (SSSR count). The fourth-order valence-corrected chi connectivity index (χ4v) is 2.00. The molecule has 1 heterocycles. The van der Waals surface area contributed by atoms with Gasteiger partial charge in [-0.25, -0.2) is 0 Å². The van der Waals surface area contributed by atoms with E-state index in [4.69, 9.17) is 20.8 Å². The van der Waals surface area contributed by atoms with Crippen LogP contribution in [0.2, 0.25) is 5.02 Å². The van der Waals surface area contributed by atoms with Crippen molar-refractivity contribution in [3.8, 4) is 5.75 Å². The zero-order valence-electron chi connectivity index (χ0n) is 13.5. The van der Waals surface area contributed by atoms with Crippen LogP contribution in [0.25, 0.3) is 0 Å². The highest BCUT2D eigenvalue weighted by Gasteiger charge is 2.30. The number of hydrogen-bond acceptors (Lipinski definition) is 4. The Labute approximate surface area is 145 Å². The molecule has 0 fully saturated rings. The van der Waals surface area contributed by atoms with Gasteiger partial charge in [0.2, 0.25) is 5.91 Å². The van der Waals surface area contributed by atoms with Gasteiger partial charge in [-0.3, -0.25) is 9.59 Å². The van der Waals surface area contributed by atoms with E-state index in [0.29, 0.717) is 16.5 Å². The minimum atomic E-state index is -1.13. The molecule has 0 aliphatic carbocycles. The molecule has 0 unspecified atom stereocenters. The molecule has 7 heteroatoms. The third-order valence-electron chi connectivity index (χ3n) is 3.18. The second kappa shape index (κ2) is 7.88. The van der Waals surface area contributed by atoms with E-state index in [2.05, 4.69) is 10.6 Å². The van der Waals surface area contributed by atoms with Crippen LogP contribution in [-0.4, -0.2) is 24.0 Å². The second-order valence-corrected chi connectivity index (χ2v) is 6.04. The number of nitrogens with one attached hydrogen (secondary N) is 2. The average molecular weight is 351 g/mol. The number of rotatable bonds is 7. The minimum Gasteiger partial charge on any atom is -0.478 e. The second-order valence-electron chi connectivity index (χ2n) is 5.61. The van der Waals surface area contributed by atoms with Crippen molar-refractivity contribution in [1.82, 2.24) is 10.6 Å². The third-order valence-corrected chi connectivity index (χ3v) is 3.43. The largest absolute Gasteiger partial charge is 0.478 e. The fourth-order valence-electron chi connectivity index (χ4n) is 1.88. The first-order valence-corrected chi connectivity index (χ1v) is 7.76. The van der Waals surface area contributed by atoms with Crippen LogP contribution in [-0.2, 0) is 16.1 Å². The maximum atomic E-state index is 12.2. The van der Waals surface area contributed by atoms with E-state index in [1.54, 1.807) is 50.2 Å². The topological polar surface area (TPSA) is 80.6 Å². The molecular weight excluding hydrogens is 332 g/mol. The van der Waals surface area contributed by atoms with E-state index in [1.165, 1.54) is 6.26 Å². The van der Waals surface area contributed by atoms with Crippen molar-refractivity contribution < 1.29 is 18.7 Å². The molecule has 1 aromatic carbocycles. The summed E-state index contributed by atoms with van der Waals surface area (Å²) < 4.78 is 10.8. The molecule has 6 nitrogen and oxygen atoms in total. The number of carbonyl (C=O) groups excluding carboxylic acids is 2. The molecule has 128 valence electrons. The predicted molar refractivity (Wildman–Crippen MR) is 89.7 cm³/mol. The van der Waals surface area contributed by atoms with Gasteiger partial charge in [-0.1, -0.05) is 11.6 Å². The first kappa shape index (κ1) is 17.9. The van der Waals surface area contributed by atoms with Crippen molar-refractivity contribution in [2.24, 2.45) is 0 Å². The number of ether oxygens (including phenoxy) is 1. The summed E-state index contributed by atoms with van der Waals surface area (Å²) in [6.45, 7) is 3.37. The van der Waals surface area contributed by atoms with Crippen molar-refractivity contribution in [2.45, 2.75) is 26.0 Å². The van der Waals surface area contributed by atoms with Crippen LogP contribution < -0.4 is 15.4 Å². The summed E-state index contributed by atoms with van der Waals surface area (Å²) in [6, 6.07) is 10.2. The van der Waals surface area contributed by atoms with Gasteiger partial charge in [-0.05, 0) is 50.2 Å². The molecule has 2 amide bonds. The van der Waals surface area contributed by atoms with Crippen molar-refractivity contribution in [3.05, 3.63) is 53.4 Å². The molecule has 0 aliphatic heterocycles. The van der Waals surface area contributed by atoms with Crippen LogP contribution >= 0.6 is 11.6 Å². The molecule has 0 saturated carbocycles. The predicted octanol–water partition coefficient (Wildman–Crippen LogP) is 2.52. The van der Waals surface area contributed by atoms with Crippen LogP contribution in [0.3, 0.4) is 0 Å². The number of furan rings is 1. The Balaban J connectivity index is 1.79. The van der Waals surface area contributed by atoms with E-state index in [1.807, 2.05) is 0 Å². The lowest BCUT2D eigenvalue weighted by atomic mass is 10.1. The molecule has 0 radical (unpaired) electrons. The highest BCUT2D eigenvalue weighted by molar-refractivity contribution is 6.30. The minimum absolute atomic E-state index is 0.146. The van der Waals surface area contributed by atoms with Gasteiger partial charge >= 0.3 is 0 Å². The third kappa shape index (κ3) is 5.31. The lowest BCUT2D eigenvalue weighted by Crippen LogP contribution is -2.49. The molecule has 24 heavy (non-hydrogen) atoms. The zero-order chi connectivity index (χ0) is 17.6. The molecule has 2 N–H and O–H groups in total. The summed E-state index contributed by atoms with van der Waals surface area (Å²) in [7, 11) is 0. The Bertz CT molecular complexity index is 681. The summed E-state index contributed by atoms with van der Waals surface area (Å²) in [5, 5.41) is 5.78. The lowest BCUT2D eigenvalue weighted by Gasteiger charge is -2.25. The van der Waals surface area contributed by atoms with Gasteiger partial charge in [-0.15, -0.1) is 0 Å². The number of carbonyl (C=O) groups is 2. The van der Waals surface area contributed by atoms with Crippen LogP contribution in [0.15, 0.2) is 47.1 Å². The van der Waals surface area contributed by atoms with E-state index in [9.17, 15) is 9.59 Å². The first-order valence-electron chi connectivity index (χ1n) is 7.39. The van der Waals surface area contributed by atoms with E-state index < -0.39 is 11.5 Å². The standard InChI is InChI=1S/C17H19ClN2O4/c1-17(2,24-13-7-5-12(18)6-8-13)16(22)20-11-15(21)19-10-14-4-3-9-23-14/h3-9H,10-11H2,1-2H3,(H,19,21)(H,20,22). The quantitative estimate of drug-likeness (QED) is 0.804. The fraction of sp³-hybridized carbons (Fsp3) is 0.294. The van der Waals surface area contributed by atoms with E-state index in [-0.39, 0.29) is 19.0 Å². The van der Waals surface area contributed by atoms with Crippen molar-refractivity contribution >= 4 is 23.4 Å². The van der Waals surface area contributed by atoms with Gasteiger partial charge in [0.25, 0.3) is 5.91 Å². The van der Waals surface area contributed by atoms with Crippen LogP contribution in [0.4, 0.5) is 0 Å². The maximum absolute atomic E-state index is 12.2. The number of amides is 2. The molecule has 1 aromatic heterocycles. The Hall–Kier alpha value is -2.47. The number of benzene rings is 1. The molecule has 2 aromatic rings. The van der Waals surface area contributed by atoms with Crippen LogP contribution in [0, 0.1) is 0 Å². The Morgan fingerprint density at radius 2 is 1.88 bits per heavy atom. The van der Waals surface area contributed by atoms with Gasteiger partial charge in [-0.2, -0.15) is 0 Å². The van der Waals surface area contributed by atoms with Crippen LogP contribution in [0.5, 0.6) is 5.75 Å². The van der Waals surface area contributed by atoms with Gasteiger partial charge in [0.1, 0.15) is 11.5 Å². The summed E-state index contributed by atoms with van der Waals surface area (Å²) >= 11 is 5.81. The number of halogens is 1. The van der Waals surface area contributed by atoms with Crippen LogP contribution in [0.1, 0.15) is 19.6 Å². The summed E-state index contributed by atoms with van der Waals surface area (Å²) in [5.41, 5.74) is -1.13. The maximum Gasteiger partial charge on any atom is 0.264 e. The van der Waals surface area contributed by atoms with E-state index in [0.717, 1.165) is 0 Å². The smallest absolute Gasteiger partial charge is 0.264 e. The normalized spacial score (nSPS) is 11.0. The lowest BCUT2D eigenvalue weighted by molar-refractivity contribution is -0.136. The van der Waals surface area contributed by atoms with Crippen molar-refractivity contribution in [2.75, 3.05) is 6.54 Å². The molecule has 0 saturated heterocycles. The molecule has 0 aliphatic rings. The number of hydrogen-bond donors (Lipinski definition) is 2.